The molecule has 0 fully saturated rings. The second kappa shape index (κ2) is 3.58. The standard InChI is InChI=1S/C13H14N2O2/c1-8-3-4-12-10(5-8)11-6-9(2)14-15(11)13(16)7-17-12/h3-5,11H,6-7H2,1-2H3. The fraction of sp³-hybridized carbons (Fsp3) is 0.385. The van der Waals surface area contributed by atoms with Gasteiger partial charge in [-0.05, 0) is 19.9 Å². The van der Waals surface area contributed by atoms with Gasteiger partial charge in [-0.3, -0.25) is 4.79 Å². The van der Waals surface area contributed by atoms with Gasteiger partial charge in [-0.25, -0.2) is 5.01 Å². The highest BCUT2D eigenvalue weighted by atomic mass is 16.5. The summed E-state index contributed by atoms with van der Waals surface area (Å²) in [4.78, 5) is 11.9. The number of aryl methyl sites for hydroxylation is 1. The molecule has 0 saturated heterocycles. The van der Waals surface area contributed by atoms with E-state index < -0.39 is 0 Å². The Morgan fingerprint density at radius 1 is 1.41 bits per heavy atom. The fourth-order valence-electron chi connectivity index (χ4n) is 2.40. The molecule has 1 aromatic carbocycles. The first-order valence-corrected chi connectivity index (χ1v) is 5.74. The minimum atomic E-state index is -0.0688. The Morgan fingerprint density at radius 2 is 2.24 bits per heavy atom. The number of rotatable bonds is 0. The molecule has 17 heavy (non-hydrogen) atoms. The zero-order chi connectivity index (χ0) is 12.0. The van der Waals surface area contributed by atoms with Crippen LogP contribution >= 0.6 is 0 Å². The van der Waals surface area contributed by atoms with Crippen LogP contribution < -0.4 is 4.74 Å². The molecule has 2 heterocycles. The van der Waals surface area contributed by atoms with E-state index >= 15 is 0 Å². The minimum Gasteiger partial charge on any atom is -0.483 e. The maximum absolute atomic E-state index is 11.9. The molecule has 4 nitrogen and oxygen atoms in total. The topological polar surface area (TPSA) is 41.9 Å². The molecule has 4 heteroatoms. The predicted molar refractivity (Wildman–Crippen MR) is 64.0 cm³/mol. The van der Waals surface area contributed by atoms with Crippen LogP contribution in [0.25, 0.3) is 0 Å². The number of amides is 1. The second-order valence-corrected chi connectivity index (χ2v) is 4.62. The highest BCUT2D eigenvalue weighted by molar-refractivity contribution is 5.89. The van der Waals surface area contributed by atoms with Crippen LogP contribution in [0.2, 0.25) is 0 Å². The van der Waals surface area contributed by atoms with Crippen molar-refractivity contribution in [1.82, 2.24) is 5.01 Å². The molecular weight excluding hydrogens is 216 g/mol. The average Bonchev–Trinajstić information content (AvgIpc) is 2.64. The molecule has 0 N–H and O–H groups in total. The van der Waals surface area contributed by atoms with Crippen LogP contribution in [0.4, 0.5) is 0 Å². The van der Waals surface area contributed by atoms with Gasteiger partial charge in [0.1, 0.15) is 5.75 Å². The van der Waals surface area contributed by atoms with E-state index in [0.717, 1.165) is 23.4 Å². The van der Waals surface area contributed by atoms with Crippen LogP contribution in [-0.2, 0) is 4.79 Å². The van der Waals surface area contributed by atoms with E-state index in [1.165, 1.54) is 5.56 Å². The van der Waals surface area contributed by atoms with Crippen LogP contribution in [0.15, 0.2) is 23.3 Å². The minimum absolute atomic E-state index is 0.0138. The van der Waals surface area contributed by atoms with Gasteiger partial charge < -0.3 is 4.74 Å². The Hall–Kier alpha value is -1.84. The molecule has 0 bridgehead atoms. The van der Waals surface area contributed by atoms with Crippen molar-refractivity contribution in [2.24, 2.45) is 5.10 Å². The summed E-state index contributed by atoms with van der Waals surface area (Å²) in [6.45, 7) is 4.07. The summed E-state index contributed by atoms with van der Waals surface area (Å²) < 4.78 is 5.53. The summed E-state index contributed by atoms with van der Waals surface area (Å²) in [5.41, 5.74) is 3.24. The van der Waals surface area contributed by atoms with E-state index in [9.17, 15) is 4.79 Å². The van der Waals surface area contributed by atoms with Gasteiger partial charge in [-0.1, -0.05) is 17.7 Å². The Bertz CT molecular complexity index is 522. The van der Waals surface area contributed by atoms with Crippen molar-refractivity contribution in [3.05, 3.63) is 29.3 Å². The molecule has 0 radical (unpaired) electrons. The van der Waals surface area contributed by atoms with Gasteiger partial charge in [0.25, 0.3) is 5.91 Å². The van der Waals surface area contributed by atoms with Crippen molar-refractivity contribution in [2.45, 2.75) is 26.3 Å². The fourth-order valence-corrected chi connectivity index (χ4v) is 2.40. The quantitative estimate of drug-likeness (QED) is 0.684. The lowest BCUT2D eigenvalue weighted by atomic mass is 9.99. The van der Waals surface area contributed by atoms with Crippen LogP contribution in [0, 0.1) is 6.92 Å². The molecule has 1 unspecified atom stereocenters. The van der Waals surface area contributed by atoms with Crippen LogP contribution in [0.1, 0.15) is 30.5 Å². The zero-order valence-corrected chi connectivity index (χ0v) is 9.93. The lowest BCUT2D eigenvalue weighted by Gasteiger charge is -2.19. The van der Waals surface area contributed by atoms with Crippen LogP contribution in [-0.4, -0.2) is 23.2 Å². The van der Waals surface area contributed by atoms with Crippen molar-refractivity contribution >= 4 is 11.6 Å². The lowest BCUT2D eigenvalue weighted by Crippen LogP contribution is -2.28. The number of fused-ring (bicyclic) bond motifs is 3. The monoisotopic (exact) mass is 230 g/mol. The number of nitrogens with zero attached hydrogens (tertiary/aromatic N) is 2. The van der Waals surface area contributed by atoms with E-state index in [1.54, 1.807) is 5.01 Å². The summed E-state index contributed by atoms with van der Waals surface area (Å²) in [6.07, 6.45) is 0.797. The van der Waals surface area contributed by atoms with E-state index in [4.69, 9.17) is 4.74 Å². The van der Waals surface area contributed by atoms with Gasteiger partial charge >= 0.3 is 0 Å². The number of hydrogen-bond acceptors (Lipinski definition) is 3. The molecule has 3 rings (SSSR count). The zero-order valence-electron chi connectivity index (χ0n) is 9.93. The molecule has 1 aromatic rings. The summed E-state index contributed by atoms with van der Waals surface area (Å²) in [7, 11) is 0. The van der Waals surface area contributed by atoms with Crippen molar-refractivity contribution in [3.63, 3.8) is 0 Å². The van der Waals surface area contributed by atoms with Gasteiger partial charge in [0.2, 0.25) is 0 Å². The molecule has 0 aromatic heterocycles. The maximum atomic E-state index is 11.9. The molecule has 0 aliphatic carbocycles. The third-order valence-corrected chi connectivity index (χ3v) is 3.19. The van der Waals surface area contributed by atoms with E-state index in [0.29, 0.717) is 0 Å². The number of benzene rings is 1. The molecule has 1 amide bonds. The van der Waals surface area contributed by atoms with Gasteiger partial charge in [0, 0.05) is 17.7 Å². The van der Waals surface area contributed by atoms with E-state index in [-0.39, 0.29) is 18.6 Å². The summed E-state index contributed by atoms with van der Waals surface area (Å²) in [5, 5.41) is 5.87. The first kappa shape index (κ1) is 10.3. The van der Waals surface area contributed by atoms with Gasteiger partial charge in [-0.2, -0.15) is 5.10 Å². The SMILES string of the molecule is CC1=NN2C(=O)COc3ccc(C)cc3C2C1. The molecule has 0 spiro atoms. The van der Waals surface area contributed by atoms with Gasteiger partial charge in [0.15, 0.2) is 6.61 Å². The van der Waals surface area contributed by atoms with Gasteiger partial charge in [0.05, 0.1) is 6.04 Å². The Morgan fingerprint density at radius 3 is 3.06 bits per heavy atom. The first-order valence-electron chi connectivity index (χ1n) is 5.74. The number of carbonyl (C=O) groups is 1. The summed E-state index contributed by atoms with van der Waals surface area (Å²) >= 11 is 0. The Kier molecular flexibility index (Phi) is 2.18. The smallest absolute Gasteiger partial charge is 0.281 e. The third kappa shape index (κ3) is 1.60. The molecule has 2 aliphatic heterocycles. The van der Waals surface area contributed by atoms with Crippen molar-refractivity contribution in [3.8, 4) is 5.75 Å². The number of carbonyl (C=O) groups excluding carboxylic acids is 1. The van der Waals surface area contributed by atoms with Crippen LogP contribution in [0.3, 0.4) is 0 Å². The largest absolute Gasteiger partial charge is 0.483 e. The van der Waals surface area contributed by atoms with Crippen molar-refractivity contribution in [1.29, 1.82) is 0 Å². The Labute approximate surface area is 99.9 Å². The molecule has 2 aliphatic rings. The molecular formula is C13H14N2O2. The normalized spacial score (nSPS) is 22.5. The third-order valence-electron chi connectivity index (χ3n) is 3.19. The van der Waals surface area contributed by atoms with Gasteiger partial charge in [-0.15, -0.1) is 0 Å². The van der Waals surface area contributed by atoms with Crippen molar-refractivity contribution < 1.29 is 9.53 Å². The molecule has 1 atom stereocenters. The molecule has 0 saturated carbocycles. The average molecular weight is 230 g/mol. The van der Waals surface area contributed by atoms with Crippen LogP contribution in [0.5, 0.6) is 5.75 Å². The van der Waals surface area contributed by atoms with E-state index in [2.05, 4.69) is 11.2 Å². The van der Waals surface area contributed by atoms with E-state index in [1.807, 2.05) is 26.0 Å². The highest BCUT2D eigenvalue weighted by Crippen LogP contribution is 2.38. The number of ether oxygens (including phenoxy) is 1. The summed E-state index contributed by atoms with van der Waals surface area (Å²) in [6, 6.07) is 6.04. The number of hydrazone groups is 1. The highest BCUT2D eigenvalue weighted by Gasteiger charge is 2.35. The Balaban J connectivity index is 2.11. The van der Waals surface area contributed by atoms with Crippen molar-refractivity contribution in [2.75, 3.05) is 6.61 Å². The summed E-state index contributed by atoms with van der Waals surface area (Å²) in [5.74, 6) is 0.738. The lowest BCUT2D eigenvalue weighted by molar-refractivity contribution is -0.134. The maximum Gasteiger partial charge on any atom is 0.281 e. The number of hydrogen-bond donors (Lipinski definition) is 0. The molecule has 88 valence electrons. The predicted octanol–water partition coefficient (Wildman–Crippen LogP) is 2.04. The second-order valence-electron chi connectivity index (χ2n) is 4.62. The first-order chi connectivity index (χ1) is 8.15.